The minimum atomic E-state index is -0.399. The minimum absolute atomic E-state index is 0.287. The summed E-state index contributed by atoms with van der Waals surface area (Å²) in [6, 6.07) is 12.9. The zero-order valence-corrected chi connectivity index (χ0v) is 20.3. The van der Waals surface area contributed by atoms with Gasteiger partial charge in [0.15, 0.2) is 0 Å². The van der Waals surface area contributed by atoms with Gasteiger partial charge in [-0.2, -0.15) is 4.98 Å². The lowest BCUT2D eigenvalue weighted by molar-refractivity contribution is -0.134. The Bertz CT molecular complexity index is 1360. The summed E-state index contributed by atoms with van der Waals surface area (Å²) >= 11 is 5.14. The standard InChI is InChI=1S/C26H27ClN4O3/c1-16(2)31-13-8-18-14-19(5-7-23(18)31)26-28-25(29-34-26)22-6-4-20-15-30(12-10-24(32)33-27)11-9-21(20)17(22)3/h4-8,13-14,16H,9-12,15H2,1-3H3. The van der Waals surface area contributed by atoms with E-state index in [1.165, 1.54) is 22.2 Å². The fourth-order valence-corrected chi connectivity index (χ4v) is 4.89. The molecule has 0 aliphatic carbocycles. The van der Waals surface area contributed by atoms with Crippen molar-refractivity contribution in [2.24, 2.45) is 0 Å². The molecule has 0 N–H and O–H groups in total. The van der Waals surface area contributed by atoms with Gasteiger partial charge in [-0.25, -0.2) is 0 Å². The van der Waals surface area contributed by atoms with Crippen LogP contribution in [0.15, 0.2) is 47.1 Å². The van der Waals surface area contributed by atoms with Crippen LogP contribution in [0.25, 0.3) is 33.7 Å². The van der Waals surface area contributed by atoms with Gasteiger partial charge in [-0.05, 0) is 68.1 Å². The van der Waals surface area contributed by atoms with E-state index in [-0.39, 0.29) is 6.42 Å². The number of hydrogen-bond donors (Lipinski definition) is 0. The first-order chi connectivity index (χ1) is 16.4. The van der Waals surface area contributed by atoms with Crippen molar-refractivity contribution < 1.29 is 13.6 Å². The molecule has 0 amide bonds. The maximum atomic E-state index is 11.3. The molecule has 1 aliphatic rings. The van der Waals surface area contributed by atoms with E-state index < -0.39 is 5.97 Å². The lowest BCUT2D eigenvalue weighted by atomic mass is 9.91. The van der Waals surface area contributed by atoms with E-state index in [9.17, 15) is 4.79 Å². The fraction of sp³-hybridized carbons (Fsp3) is 0.346. The topological polar surface area (TPSA) is 73.4 Å². The average Bonchev–Trinajstić information content (AvgIpc) is 3.50. The van der Waals surface area contributed by atoms with Crippen LogP contribution >= 0.6 is 11.9 Å². The number of nitrogens with zero attached hydrogens (tertiary/aromatic N) is 4. The third-order valence-corrected chi connectivity index (χ3v) is 6.85. The monoisotopic (exact) mass is 478 g/mol. The molecule has 0 bridgehead atoms. The SMILES string of the molecule is Cc1c(-c2noc(-c3ccc4c(ccn4C(C)C)c3)n2)ccc2c1CCN(CCC(=O)OCl)C2. The molecule has 5 rings (SSSR count). The number of halogens is 1. The third-order valence-electron chi connectivity index (χ3n) is 6.68. The van der Waals surface area contributed by atoms with Crippen molar-refractivity contribution in [2.75, 3.05) is 13.1 Å². The second kappa shape index (κ2) is 9.24. The molecule has 0 radical (unpaired) electrons. The number of rotatable bonds is 6. The maximum Gasteiger partial charge on any atom is 0.326 e. The van der Waals surface area contributed by atoms with Gasteiger partial charge >= 0.3 is 5.97 Å². The zero-order chi connectivity index (χ0) is 23.8. The summed E-state index contributed by atoms with van der Waals surface area (Å²) in [5.74, 6) is 0.717. The van der Waals surface area contributed by atoms with Gasteiger partial charge in [0.25, 0.3) is 5.89 Å². The van der Waals surface area contributed by atoms with E-state index in [0.29, 0.717) is 24.3 Å². The van der Waals surface area contributed by atoms with Gasteiger partial charge in [0.2, 0.25) is 5.82 Å². The first-order valence-electron chi connectivity index (χ1n) is 11.5. The third kappa shape index (κ3) is 4.21. The number of benzene rings is 2. The highest BCUT2D eigenvalue weighted by Gasteiger charge is 2.22. The van der Waals surface area contributed by atoms with E-state index >= 15 is 0 Å². The van der Waals surface area contributed by atoms with Crippen molar-refractivity contribution in [3.8, 4) is 22.8 Å². The van der Waals surface area contributed by atoms with Crippen LogP contribution in [-0.2, 0) is 22.0 Å². The summed E-state index contributed by atoms with van der Waals surface area (Å²) < 4.78 is 12.2. The lowest BCUT2D eigenvalue weighted by Gasteiger charge is -2.29. The molecule has 2 aromatic heterocycles. The molecule has 176 valence electrons. The molecule has 2 aromatic carbocycles. The van der Waals surface area contributed by atoms with E-state index in [1.54, 1.807) is 0 Å². The molecule has 4 aromatic rings. The molecular weight excluding hydrogens is 452 g/mol. The van der Waals surface area contributed by atoms with Crippen LogP contribution < -0.4 is 0 Å². The first-order valence-corrected chi connectivity index (χ1v) is 11.9. The molecule has 3 heterocycles. The Morgan fingerprint density at radius 3 is 2.88 bits per heavy atom. The highest BCUT2D eigenvalue weighted by Crippen LogP contribution is 2.32. The Morgan fingerprint density at radius 2 is 2.09 bits per heavy atom. The van der Waals surface area contributed by atoms with Gasteiger partial charge in [-0.3, -0.25) is 9.69 Å². The van der Waals surface area contributed by atoms with Gasteiger partial charge in [-0.15, -0.1) is 0 Å². The number of carbonyl (C=O) groups is 1. The van der Waals surface area contributed by atoms with Crippen LogP contribution in [0.5, 0.6) is 0 Å². The average molecular weight is 479 g/mol. The van der Waals surface area contributed by atoms with Gasteiger partial charge < -0.3 is 13.4 Å². The number of hydrogen-bond acceptors (Lipinski definition) is 6. The Morgan fingerprint density at radius 1 is 1.24 bits per heavy atom. The molecule has 1 aliphatic heterocycles. The summed E-state index contributed by atoms with van der Waals surface area (Å²) in [5.41, 5.74) is 6.84. The Kier molecular flexibility index (Phi) is 6.15. The Balaban J connectivity index is 1.38. The maximum absolute atomic E-state index is 11.3. The second-order valence-corrected chi connectivity index (χ2v) is 9.27. The molecule has 0 spiro atoms. The molecule has 0 atom stereocenters. The van der Waals surface area contributed by atoms with Crippen molar-refractivity contribution in [3.63, 3.8) is 0 Å². The second-order valence-electron chi connectivity index (χ2n) is 9.11. The van der Waals surface area contributed by atoms with Crippen LogP contribution in [0, 0.1) is 6.92 Å². The Labute approximate surface area is 203 Å². The van der Waals surface area contributed by atoms with Crippen LogP contribution in [0.2, 0.25) is 0 Å². The molecule has 0 unspecified atom stereocenters. The van der Waals surface area contributed by atoms with E-state index in [4.69, 9.17) is 21.4 Å². The minimum Gasteiger partial charge on any atom is -0.348 e. The van der Waals surface area contributed by atoms with Gasteiger partial charge in [0.05, 0.1) is 6.42 Å². The van der Waals surface area contributed by atoms with E-state index in [2.05, 4.69) is 76.2 Å². The fourth-order valence-electron chi connectivity index (χ4n) is 4.82. The number of aromatic nitrogens is 3. The van der Waals surface area contributed by atoms with Crippen molar-refractivity contribution in [1.82, 2.24) is 19.6 Å². The largest absolute Gasteiger partial charge is 0.348 e. The summed E-state index contributed by atoms with van der Waals surface area (Å²) in [5, 5.41) is 5.45. The predicted molar refractivity (Wildman–Crippen MR) is 131 cm³/mol. The summed E-state index contributed by atoms with van der Waals surface area (Å²) in [6.45, 7) is 8.76. The lowest BCUT2D eigenvalue weighted by Crippen LogP contribution is -2.32. The van der Waals surface area contributed by atoms with Crippen LogP contribution in [0.1, 0.15) is 43.0 Å². The molecule has 34 heavy (non-hydrogen) atoms. The highest BCUT2D eigenvalue weighted by atomic mass is 35.5. The van der Waals surface area contributed by atoms with Crippen molar-refractivity contribution in [3.05, 3.63) is 59.3 Å². The van der Waals surface area contributed by atoms with Crippen LogP contribution in [0.3, 0.4) is 0 Å². The van der Waals surface area contributed by atoms with Gasteiger partial charge in [0, 0.05) is 53.9 Å². The van der Waals surface area contributed by atoms with Crippen molar-refractivity contribution >= 4 is 28.7 Å². The van der Waals surface area contributed by atoms with Gasteiger partial charge in [-0.1, -0.05) is 17.3 Å². The molecule has 0 saturated carbocycles. The van der Waals surface area contributed by atoms with Crippen molar-refractivity contribution in [1.29, 1.82) is 0 Å². The summed E-state index contributed by atoms with van der Waals surface area (Å²) in [7, 11) is 0. The molecule has 7 nitrogen and oxygen atoms in total. The smallest absolute Gasteiger partial charge is 0.326 e. The van der Waals surface area contributed by atoms with Crippen LogP contribution in [0.4, 0.5) is 0 Å². The van der Waals surface area contributed by atoms with E-state index in [1.807, 2.05) is 6.07 Å². The summed E-state index contributed by atoms with van der Waals surface area (Å²) in [6.07, 6.45) is 3.30. The molecule has 8 heteroatoms. The molecule has 0 saturated heterocycles. The van der Waals surface area contributed by atoms with E-state index in [0.717, 1.165) is 36.0 Å². The van der Waals surface area contributed by atoms with Crippen molar-refractivity contribution in [2.45, 2.75) is 46.2 Å². The Hall–Kier alpha value is -3.16. The quantitative estimate of drug-likeness (QED) is 0.354. The number of carbonyl (C=O) groups excluding carboxylic acids is 1. The number of fused-ring (bicyclic) bond motifs is 2. The normalized spacial score (nSPS) is 14.0. The molecular formula is C26H27ClN4O3. The highest BCUT2D eigenvalue weighted by molar-refractivity contribution is 6.13. The molecule has 0 fully saturated rings. The predicted octanol–water partition coefficient (Wildman–Crippen LogP) is 5.69. The van der Waals surface area contributed by atoms with Crippen LogP contribution in [-0.4, -0.2) is 38.7 Å². The summed E-state index contributed by atoms with van der Waals surface area (Å²) in [4.78, 5) is 18.3. The van der Waals surface area contributed by atoms with Gasteiger partial charge in [0.1, 0.15) is 11.9 Å². The zero-order valence-electron chi connectivity index (χ0n) is 19.5. The first kappa shape index (κ1) is 22.6.